The van der Waals surface area contributed by atoms with E-state index in [0.717, 1.165) is 11.3 Å². The smallest absolute Gasteiger partial charge is 0.354 e. The highest BCUT2D eigenvalue weighted by atomic mass is 16.5. The fourth-order valence-corrected chi connectivity index (χ4v) is 1.55. The zero-order valence-corrected chi connectivity index (χ0v) is 9.33. The van der Waals surface area contributed by atoms with Crippen LogP contribution in [0.3, 0.4) is 0 Å². The number of imidazole rings is 1. The molecule has 0 bridgehead atoms. The van der Waals surface area contributed by atoms with Gasteiger partial charge in [0.15, 0.2) is 0 Å². The number of hydrogen-bond acceptors (Lipinski definition) is 3. The van der Waals surface area contributed by atoms with E-state index in [-0.39, 0.29) is 5.69 Å². The molecule has 0 atom stereocenters. The topological polar surface area (TPSA) is 64.4 Å². The molecule has 1 aromatic heterocycles. The number of carboxylic acids is 1. The molecule has 0 fully saturated rings. The van der Waals surface area contributed by atoms with Crippen molar-refractivity contribution in [2.75, 3.05) is 7.11 Å². The quantitative estimate of drug-likeness (QED) is 0.870. The van der Waals surface area contributed by atoms with Gasteiger partial charge in [-0.2, -0.15) is 0 Å². The molecular weight excluding hydrogens is 220 g/mol. The Morgan fingerprint density at radius 3 is 2.71 bits per heavy atom. The lowest BCUT2D eigenvalue weighted by Crippen LogP contribution is -2.08. The van der Waals surface area contributed by atoms with Crippen molar-refractivity contribution < 1.29 is 14.6 Å². The lowest BCUT2D eigenvalue weighted by Gasteiger charge is -2.06. The molecule has 0 aliphatic carbocycles. The van der Waals surface area contributed by atoms with Crippen LogP contribution >= 0.6 is 0 Å². The third kappa shape index (κ3) is 2.44. The average Bonchev–Trinajstić information content (AvgIpc) is 2.78. The Labute approximate surface area is 98.3 Å². The molecule has 88 valence electrons. The molecule has 1 N–H and O–H groups in total. The molecular formula is C12H12N2O3. The van der Waals surface area contributed by atoms with Crippen LogP contribution in [-0.2, 0) is 6.54 Å². The van der Waals surface area contributed by atoms with Crippen molar-refractivity contribution in [2.24, 2.45) is 0 Å². The number of aromatic nitrogens is 2. The number of carbonyl (C=O) groups is 1. The fraction of sp³-hybridized carbons (Fsp3) is 0.167. The van der Waals surface area contributed by atoms with E-state index < -0.39 is 5.97 Å². The minimum Gasteiger partial charge on any atom is -0.497 e. The molecule has 0 saturated heterocycles. The number of hydrogen-bond donors (Lipinski definition) is 1. The predicted molar refractivity (Wildman–Crippen MR) is 61.3 cm³/mol. The van der Waals surface area contributed by atoms with E-state index in [9.17, 15) is 4.79 Å². The third-order valence-electron chi connectivity index (χ3n) is 2.44. The molecule has 17 heavy (non-hydrogen) atoms. The molecule has 2 aromatic rings. The summed E-state index contributed by atoms with van der Waals surface area (Å²) in [4.78, 5) is 14.7. The molecule has 0 radical (unpaired) electrons. The van der Waals surface area contributed by atoms with Crippen molar-refractivity contribution in [3.8, 4) is 5.75 Å². The number of rotatable bonds is 4. The summed E-state index contributed by atoms with van der Waals surface area (Å²) in [5.41, 5.74) is 1.17. The fourth-order valence-electron chi connectivity index (χ4n) is 1.55. The molecule has 1 heterocycles. The highest BCUT2D eigenvalue weighted by Gasteiger charge is 2.09. The first-order valence-corrected chi connectivity index (χ1v) is 5.07. The maximum atomic E-state index is 10.9. The first-order valence-electron chi connectivity index (χ1n) is 5.07. The van der Waals surface area contributed by atoms with Crippen LogP contribution in [0.2, 0.25) is 0 Å². The van der Waals surface area contributed by atoms with E-state index in [1.54, 1.807) is 11.7 Å². The van der Waals surface area contributed by atoms with Gasteiger partial charge in [-0.05, 0) is 17.7 Å². The second-order valence-electron chi connectivity index (χ2n) is 3.56. The van der Waals surface area contributed by atoms with Gasteiger partial charge in [0.25, 0.3) is 0 Å². The predicted octanol–water partition coefficient (Wildman–Crippen LogP) is 1.64. The van der Waals surface area contributed by atoms with Crippen molar-refractivity contribution in [3.63, 3.8) is 0 Å². The van der Waals surface area contributed by atoms with Crippen molar-refractivity contribution in [1.82, 2.24) is 9.55 Å². The van der Waals surface area contributed by atoms with Crippen LogP contribution in [-0.4, -0.2) is 27.7 Å². The number of aromatic carboxylic acids is 1. The van der Waals surface area contributed by atoms with Crippen molar-refractivity contribution in [3.05, 3.63) is 48.0 Å². The summed E-state index contributed by atoms with van der Waals surface area (Å²) < 4.78 is 6.64. The van der Waals surface area contributed by atoms with Gasteiger partial charge in [0.05, 0.1) is 19.6 Å². The van der Waals surface area contributed by atoms with Crippen LogP contribution in [0.25, 0.3) is 0 Å². The highest BCUT2D eigenvalue weighted by Crippen LogP contribution is 2.13. The maximum Gasteiger partial charge on any atom is 0.354 e. The minimum atomic E-state index is -0.976. The van der Waals surface area contributed by atoms with E-state index in [0.29, 0.717) is 6.54 Å². The Morgan fingerprint density at radius 2 is 2.12 bits per heavy atom. The molecule has 0 aliphatic rings. The largest absolute Gasteiger partial charge is 0.497 e. The van der Waals surface area contributed by atoms with Crippen LogP contribution < -0.4 is 4.74 Å². The standard InChI is InChI=1S/C12H12N2O3/c1-17-10-4-2-9(3-5-10)7-14-8-13-6-11(14)12(15)16/h2-6,8H,7H2,1H3,(H,15,16). The maximum absolute atomic E-state index is 10.9. The summed E-state index contributed by atoms with van der Waals surface area (Å²) >= 11 is 0. The second kappa shape index (κ2) is 4.69. The van der Waals surface area contributed by atoms with E-state index in [1.807, 2.05) is 24.3 Å². The highest BCUT2D eigenvalue weighted by molar-refractivity contribution is 5.85. The Morgan fingerprint density at radius 1 is 1.41 bits per heavy atom. The molecule has 5 nitrogen and oxygen atoms in total. The summed E-state index contributed by atoms with van der Waals surface area (Å²) in [5.74, 6) is -0.200. The van der Waals surface area contributed by atoms with Gasteiger partial charge < -0.3 is 14.4 Å². The number of methoxy groups -OCH3 is 1. The average molecular weight is 232 g/mol. The first-order chi connectivity index (χ1) is 8.20. The Hall–Kier alpha value is -2.30. The minimum absolute atomic E-state index is 0.181. The summed E-state index contributed by atoms with van der Waals surface area (Å²) in [5, 5.41) is 8.93. The third-order valence-corrected chi connectivity index (χ3v) is 2.44. The van der Waals surface area contributed by atoms with Gasteiger partial charge in [-0.15, -0.1) is 0 Å². The van der Waals surface area contributed by atoms with Crippen LogP contribution in [0.15, 0.2) is 36.8 Å². The van der Waals surface area contributed by atoms with Gasteiger partial charge in [0.1, 0.15) is 11.4 Å². The molecule has 2 rings (SSSR count). The van der Waals surface area contributed by atoms with E-state index in [1.165, 1.54) is 12.5 Å². The van der Waals surface area contributed by atoms with Gasteiger partial charge in [0, 0.05) is 6.54 Å². The second-order valence-corrected chi connectivity index (χ2v) is 3.56. The van der Waals surface area contributed by atoms with Gasteiger partial charge >= 0.3 is 5.97 Å². The first kappa shape index (κ1) is 11.2. The van der Waals surface area contributed by atoms with Gasteiger partial charge in [-0.1, -0.05) is 12.1 Å². The summed E-state index contributed by atoms with van der Waals surface area (Å²) in [7, 11) is 1.60. The SMILES string of the molecule is COc1ccc(Cn2cncc2C(=O)O)cc1. The van der Waals surface area contributed by atoms with E-state index >= 15 is 0 Å². The molecule has 0 saturated carbocycles. The van der Waals surface area contributed by atoms with E-state index in [4.69, 9.17) is 9.84 Å². The molecule has 5 heteroatoms. The van der Waals surface area contributed by atoms with Crippen molar-refractivity contribution in [2.45, 2.75) is 6.54 Å². The zero-order valence-electron chi connectivity index (χ0n) is 9.33. The van der Waals surface area contributed by atoms with Crippen LogP contribution in [0.1, 0.15) is 16.1 Å². The summed E-state index contributed by atoms with van der Waals surface area (Å²) in [6.45, 7) is 0.478. The van der Waals surface area contributed by atoms with Crippen molar-refractivity contribution >= 4 is 5.97 Å². The van der Waals surface area contributed by atoms with Gasteiger partial charge in [0.2, 0.25) is 0 Å². The monoisotopic (exact) mass is 232 g/mol. The molecule has 0 spiro atoms. The zero-order chi connectivity index (χ0) is 12.3. The van der Waals surface area contributed by atoms with Crippen LogP contribution in [0, 0.1) is 0 Å². The van der Waals surface area contributed by atoms with Crippen molar-refractivity contribution in [1.29, 1.82) is 0 Å². The molecule has 0 aliphatic heterocycles. The van der Waals surface area contributed by atoms with Crippen LogP contribution in [0.5, 0.6) is 5.75 Å². The Kier molecular flexibility index (Phi) is 3.09. The molecule has 0 unspecified atom stereocenters. The van der Waals surface area contributed by atoms with Gasteiger partial charge in [-0.3, -0.25) is 0 Å². The lowest BCUT2D eigenvalue weighted by atomic mass is 10.2. The Balaban J connectivity index is 2.19. The number of ether oxygens (including phenoxy) is 1. The molecule has 1 aromatic carbocycles. The van der Waals surface area contributed by atoms with Gasteiger partial charge in [-0.25, -0.2) is 9.78 Å². The summed E-state index contributed by atoms with van der Waals surface area (Å²) in [6.07, 6.45) is 2.85. The Bertz CT molecular complexity index is 517. The lowest BCUT2D eigenvalue weighted by molar-refractivity contribution is 0.0685. The normalized spacial score (nSPS) is 10.2. The number of benzene rings is 1. The van der Waals surface area contributed by atoms with E-state index in [2.05, 4.69) is 4.98 Å². The molecule has 0 amide bonds. The number of nitrogens with zero attached hydrogens (tertiary/aromatic N) is 2. The number of carboxylic acid groups (broad SMARTS) is 1. The summed E-state index contributed by atoms with van der Waals surface area (Å²) in [6, 6.07) is 7.47. The van der Waals surface area contributed by atoms with Crippen LogP contribution in [0.4, 0.5) is 0 Å².